The van der Waals surface area contributed by atoms with Crippen LogP contribution >= 0.6 is 0 Å². The van der Waals surface area contributed by atoms with E-state index in [1.54, 1.807) is 6.07 Å². The molecule has 0 aliphatic carbocycles. The molecule has 0 saturated carbocycles. The second-order valence-corrected chi connectivity index (χ2v) is 5.47. The molecule has 0 atom stereocenters. The fraction of sp³-hybridized carbons (Fsp3) is 0.333. The molecule has 5 nitrogen and oxygen atoms in total. The summed E-state index contributed by atoms with van der Waals surface area (Å²) in [5.74, 6) is -1.53. The van der Waals surface area contributed by atoms with Gasteiger partial charge in [0, 0.05) is 5.39 Å². The smallest absolute Gasteiger partial charge is 0.328 e. The molecule has 1 aromatic heterocycles. The molecule has 5 heteroatoms. The van der Waals surface area contributed by atoms with E-state index in [1.807, 2.05) is 26.0 Å². The molecule has 0 bridgehead atoms. The fourth-order valence-electron chi connectivity index (χ4n) is 1.81. The first kappa shape index (κ1) is 14.1. The van der Waals surface area contributed by atoms with Gasteiger partial charge in [-0.3, -0.25) is 4.79 Å². The average Bonchev–Trinajstić information content (AvgIpc) is 2.72. The zero-order valence-electron chi connectivity index (χ0n) is 11.9. The van der Waals surface area contributed by atoms with Crippen molar-refractivity contribution in [2.75, 3.05) is 0 Å². The molecule has 1 heterocycles. The number of aliphatic carboxylic acids is 1. The Morgan fingerprint density at radius 3 is 2.35 bits per heavy atom. The summed E-state index contributed by atoms with van der Waals surface area (Å²) in [5.41, 5.74) is 1.45. The van der Waals surface area contributed by atoms with Crippen LogP contribution in [-0.2, 0) is 4.79 Å². The van der Waals surface area contributed by atoms with Crippen molar-refractivity contribution in [1.82, 2.24) is 5.32 Å². The van der Waals surface area contributed by atoms with Crippen LogP contribution in [0.2, 0.25) is 0 Å². The molecule has 2 rings (SSSR count). The van der Waals surface area contributed by atoms with Gasteiger partial charge in [0.15, 0.2) is 5.76 Å². The van der Waals surface area contributed by atoms with Gasteiger partial charge in [0.05, 0.1) is 0 Å². The lowest BCUT2D eigenvalue weighted by Crippen LogP contribution is -2.49. The lowest BCUT2D eigenvalue weighted by Gasteiger charge is -2.19. The minimum absolute atomic E-state index is 0.110. The summed E-state index contributed by atoms with van der Waals surface area (Å²) in [7, 11) is 0. The highest BCUT2D eigenvalue weighted by atomic mass is 16.4. The Kier molecular flexibility index (Phi) is 3.29. The van der Waals surface area contributed by atoms with Gasteiger partial charge in [-0.25, -0.2) is 4.79 Å². The van der Waals surface area contributed by atoms with Gasteiger partial charge in [0.25, 0.3) is 5.91 Å². The van der Waals surface area contributed by atoms with Gasteiger partial charge < -0.3 is 14.8 Å². The third-order valence-electron chi connectivity index (χ3n) is 3.32. The third-order valence-corrected chi connectivity index (χ3v) is 3.32. The summed E-state index contributed by atoms with van der Waals surface area (Å²) in [6, 6.07) is 5.42. The van der Waals surface area contributed by atoms with E-state index in [1.165, 1.54) is 13.8 Å². The van der Waals surface area contributed by atoms with Crippen LogP contribution in [0.3, 0.4) is 0 Å². The highest BCUT2D eigenvalue weighted by molar-refractivity contribution is 5.98. The number of amides is 1. The summed E-state index contributed by atoms with van der Waals surface area (Å²) >= 11 is 0. The maximum Gasteiger partial charge on any atom is 0.328 e. The molecule has 2 aromatic rings. The maximum absolute atomic E-state index is 12.0. The molecule has 2 N–H and O–H groups in total. The molecule has 1 amide bonds. The van der Waals surface area contributed by atoms with E-state index in [0.717, 1.165) is 16.5 Å². The largest absolute Gasteiger partial charge is 0.480 e. The molecule has 0 radical (unpaired) electrons. The monoisotopic (exact) mass is 275 g/mol. The van der Waals surface area contributed by atoms with Crippen LogP contribution in [0.4, 0.5) is 0 Å². The van der Waals surface area contributed by atoms with E-state index in [-0.39, 0.29) is 5.76 Å². The van der Waals surface area contributed by atoms with E-state index in [0.29, 0.717) is 5.58 Å². The Morgan fingerprint density at radius 2 is 1.75 bits per heavy atom. The van der Waals surface area contributed by atoms with Crippen molar-refractivity contribution in [2.45, 2.75) is 33.2 Å². The lowest BCUT2D eigenvalue weighted by atomic mass is 10.1. The van der Waals surface area contributed by atoms with Crippen LogP contribution in [0.25, 0.3) is 11.0 Å². The first-order chi connectivity index (χ1) is 9.20. The van der Waals surface area contributed by atoms with Crippen molar-refractivity contribution in [1.29, 1.82) is 0 Å². The number of rotatable bonds is 3. The minimum atomic E-state index is -1.35. The fourth-order valence-corrected chi connectivity index (χ4v) is 1.81. The van der Waals surface area contributed by atoms with E-state index < -0.39 is 17.4 Å². The molecular formula is C15H17NO4. The number of nitrogens with one attached hydrogen (secondary N) is 1. The molecule has 1 aromatic carbocycles. The number of aryl methyl sites for hydroxylation is 2. The van der Waals surface area contributed by atoms with Crippen molar-refractivity contribution in [3.8, 4) is 0 Å². The van der Waals surface area contributed by atoms with E-state index in [2.05, 4.69) is 5.32 Å². The van der Waals surface area contributed by atoms with Crippen molar-refractivity contribution in [3.63, 3.8) is 0 Å². The van der Waals surface area contributed by atoms with Crippen molar-refractivity contribution in [3.05, 3.63) is 35.1 Å². The normalized spacial score (nSPS) is 11.6. The summed E-state index contributed by atoms with van der Waals surface area (Å²) in [5, 5.41) is 12.3. The van der Waals surface area contributed by atoms with E-state index in [9.17, 15) is 9.59 Å². The topological polar surface area (TPSA) is 79.5 Å². The number of carbonyl (C=O) groups excluding carboxylic acids is 1. The Morgan fingerprint density at radius 1 is 1.15 bits per heavy atom. The number of carbonyl (C=O) groups is 2. The summed E-state index contributed by atoms with van der Waals surface area (Å²) in [6.07, 6.45) is 0. The van der Waals surface area contributed by atoms with Gasteiger partial charge in [0.2, 0.25) is 0 Å². The van der Waals surface area contributed by atoms with Gasteiger partial charge in [-0.1, -0.05) is 0 Å². The van der Waals surface area contributed by atoms with E-state index >= 15 is 0 Å². The Labute approximate surface area is 116 Å². The number of benzene rings is 1. The van der Waals surface area contributed by atoms with Gasteiger partial charge in [-0.2, -0.15) is 0 Å². The maximum atomic E-state index is 12.0. The Bertz CT molecular complexity index is 658. The van der Waals surface area contributed by atoms with Crippen molar-refractivity contribution < 1.29 is 19.1 Å². The zero-order valence-corrected chi connectivity index (χ0v) is 11.9. The molecule has 106 valence electrons. The summed E-state index contributed by atoms with van der Waals surface area (Å²) in [6.45, 7) is 6.79. The highest BCUT2D eigenvalue weighted by Gasteiger charge is 2.30. The average molecular weight is 275 g/mol. The third kappa shape index (κ3) is 2.52. The van der Waals surface area contributed by atoms with E-state index in [4.69, 9.17) is 9.52 Å². The second kappa shape index (κ2) is 4.67. The Balaban J connectivity index is 2.34. The van der Waals surface area contributed by atoms with Crippen LogP contribution < -0.4 is 5.32 Å². The van der Waals surface area contributed by atoms with Gasteiger partial charge >= 0.3 is 5.97 Å². The minimum Gasteiger partial charge on any atom is -0.480 e. The highest BCUT2D eigenvalue weighted by Crippen LogP contribution is 2.23. The van der Waals surface area contributed by atoms with Gasteiger partial charge in [0.1, 0.15) is 11.1 Å². The van der Waals surface area contributed by atoms with Crippen molar-refractivity contribution >= 4 is 22.8 Å². The zero-order chi connectivity index (χ0) is 15.1. The lowest BCUT2D eigenvalue weighted by molar-refractivity contribution is -0.143. The molecule has 0 aliphatic rings. The predicted molar refractivity (Wildman–Crippen MR) is 74.9 cm³/mol. The molecule has 0 spiro atoms. The summed E-state index contributed by atoms with van der Waals surface area (Å²) < 4.78 is 5.49. The molecule has 0 unspecified atom stereocenters. The molecule has 20 heavy (non-hydrogen) atoms. The van der Waals surface area contributed by atoms with Crippen LogP contribution in [0.5, 0.6) is 0 Å². The number of hydrogen-bond acceptors (Lipinski definition) is 3. The first-order valence-electron chi connectivity index (χ1n) is 6.27. The number of furan rings is 1. The second-order valence-electron chi connectivity index (χ2n) is 5.47. The molecule has 0 fully saturated rings. The number of fused-ring (bicyclic) bond motifs is 1. The van der Waals surface area contributed by atoms with Crippen LogP contribution in [-0.4, -0.2) is 22.5 Å². The van der Waals surface area contributed by atoms with Crippen molar-refractivity contribution in [2.24, 2.45) is 0 Å². The number of carboxylic acids is 1. The van der Waals surface area contributed by atoms with Crippen LogP contribution in [0.1, 0.15) is 35.5 Å². The van der Waals surface area contributed by atoms with Gasteiger partial charge in [-0.15, -0.1) is 0 Å². The molecule has 0 aliphatic heterocycles. The Hall–Kier alpha value is -2.30. The molecular weight excluding hydrogens is 258 g/mol. The molecule has 0 saturated heterocycles. The number of carboxylic acid groups (broad SMARTS) is 1. The summed E-state index contributed by atoms with van der Waals surface area (Å²) in [4.78, 5) is 23.0. The number of hydrogen-bond donors (Lipinski definition) is 2. The predicted octanol–water partition coefficient (Wildman–Crippen LogP) is 2.64. The van der Waals surface area contributed by atoms with Crippen LogP contribution in [0.15, 0.2) is 22.6 Å². The van der Waals surface area contributed by atoms with Crippen LogP contribution in [0, 0.1) is 13.8 Å². The first-order valence-corrected chi connectivity index (χ1v) is 6.27. The van der Waals surface area contributed by atoms with Gasteiger partial charge in [-0.05, 0) is 57.0 Å². The SMILES string of the molecule is Cc1cc2cc(C(=O)NC(C)(C)C(=O)O)oc2cc1C. The quantitative estimate of drug-likeness (QED) is 0.902. The standard InChI is InChI=1S/C15H17NO4/c1-8-5-10-7-12(20-11(10)6-9(8)2)13(17)16-15(3,4)14(18)19/h5-7H,1-4H3,(H,16,17)(H,18,19).